The van der Waals surface area contributed by atoms with Crippen molar-refractivity contribution in [2.24, 2.45) is 17.3 Å². The zero-order chi connectivity index (χ0) is 105. The van der Waals surface area contributed by atoms with E-state index in [-0.39, 0.29) is 19.2 Å². The number of aromatic amines is 1. The van der Waals surface area contributed by atoms with Crippen LogP contribution in [-0.2, 0) is 101 Å². The summed E-state index contributed by atoms with van der Waals surface area (Å²) in [5, 5.41) is 42.2. The summed E-state index contributed by atoms with van der Waals surface area (Å²) in [6, 6.07) is 38.4. The first-order valence-electron chi connectivity index (χ1n) is 56.1. The summed E-state index contributed by atoms with van der Waals surface area (Å²) in [5.41, 5.74) is 18.5. The topological polar surface area (TPSA) is 242 Å². The number of carbonyl (C=O) groups excluding carboxylic acids is 2. The number of ketones is 1. The molecule has 15 aliphatic rings. The number of fused-ring (bicyclic) bond motifs is 13. The van der Waals surface area contributed by atoms with Gasteiger partial charge in [0.1, 0.15) is 17.9 Å². The predicted molar refractivity (Wildman–Crippen MR) is 593 cm³/mol. The lowest BCUT2D eigenvalue weighted by Gasteiger charge is -2.46. The van der Waals surface area contributed by atoms with E-state index in [2.05, 4.69) is 250 Å². The van der Waals surface area contributed by atoms with Crippen LogP contribution < -0.4 is 0 Å². The van der Waals surface area contributed by atoms with Crippen LogP contribution in [0.15, 0.2) is 104 Å². The van der Waals surface area contributed by atoms with E-state index in [0.717, 1.165) is 207 Å². The van der Waals surface area contributed by atoms with Crippen LogP contribution in [0.2, 0.25) is 0 Å². The molecule has 25 nitrogen and oxygen atoms in total. The smallest absolute Gasteiger partial charge is 0.337 e. The van der Waals surface area contributed by atoms with Crippen molar-refractivity contribution in [3.63, 3.8) is 0 Å². The number of morpholine rings is 1. The average Bonchev–Trinajstić information content (AvgIpc) is 1.57. The lowest BCUT2D eigenvalue weighted by atomic mass is 9.78. The van der Waals surface area contributed by atoms with Gasteiger partial charge in [0.05, 0.1) is 48.7 Å². The number of aromatic carboxylic acids is 2. The first kappa shape index (κ1) is 118. The van der Waals surface area contributed by atoms with E-state index in [9.17, 15) is 24.3 Å². The minimum absolute atomic E-state index is 0. The second-order valence-corrected chi connectivity index (χ2v) is 47.4. The number of phenols is 1. The molecule has 2 aromatic heterocycles. The Labute approximate surface area is 880 Å². The number of esters is 1. The summed E-state index contributed by atoms with van der Waals surface area (Å²) in [6.45, 7) is 75.0. The minimum Gasteiger partial charge on any atom is -0.508 e. The molecule has 8 fully saturated rings. The Hall–Kier alpha value is -8.15. The van der Waals surface area contributed by atoms with Gasteiger partial charge in [-0.2, -0.15) is 5.10 Å². The van der Waals surface area contributed by atoms with Gasteiger partial charge in [-0.15, -0.1) is 10.2 Å². The Morgan fingerprint density at radius 1 is 0.411 bits per heavy atom. The first-order valence-corrected chi connectivity index (χ1v) is 56.1. The molecule has 2 aliphatic carbocycles. The number of nitrogens with zero attached hydrogens (tertiary/aromatic N) is 15. The molecule has 15 heterocycles. The number of benzene rings is 5. The number of aromatic hydroxyl groups is 1. The predicted octanol–water partition coefficient (Wildman–Crippen LogP) is 21.7. The number of methoxy groups -OCH3 is 1. The van der Waals surface area contributed by atoms with Gasteiger partial charge in [-0.1, -0.05) is 63.6 Å². The molecule has 7 aromatic rings. The highest BCUT2D eigenvalue weighted by molar-refractivity contribution is 5.94. The summed E-state index contributed by atoms with van der Waals surface area (Å²) in [4.78, 5) is 71.9. The fourth-order valence-corrected chi connectivity index (χ4v) is 23.9. The van der Waals surface area contributed by atoms with Gasteiger partial charge in [0.25, 0.3) is 0 Å². The monoisotopic (exact) mass is 2010 g/mol. The van der Waals surface area contributed by atoms with Crippen molar-refractivity contribution in [2.45, 2.75) is 445 Å². The van der Waals surface area contributed by atoms with E-state index in [1.165, 1.54) is 172 Å². The van der Waals surface area contributed by atoms with Gasteiger partial charge >= 0.3 is 17.9 Å². The van der Waals surface area contributed by atoms with E-state index in [4.69, 9.17) is 19.7 Å². The van der Waals surface area contributed by atoms with Crippen LogP contribution in [0.4, 0.5) is 0 Å². The number of hydrogen-bond acceptors (Lipinski definition) is 21. The molecular weight excluding hydrogens is 1820 g/mol. The zero-order valence-electron chi connectivity index (χ0n) is 93.9. The quantitative estimate of drug-likeness (QED) is 0.0551. The zero-order valence-corrected chi connectivity index (χ0v) is 93.9. The number of Topliss-reactive ketones (excluding diaryl/α,β-unsaturated/α-hetero) is 1. The molecule has 4 bridgehead atoms. The molecule has 25 heteroatoms. The number of phenolic OH excluding ortho intramolecular Hbond substituents is 1. The van der Waals surface area contributed by atoms with Crippen LogP contribution in [0, 0.1) is 17.3 Å². The minimum atomic E-state index is -0.846. The van der Waals surface area contributed by atoms with E-state index >= 15 is 0 Å². The summed E-state index contributed by atoms with van der Waals surface area (Å²) in [6.07, 6.45) is 28.0. The van der Waals surface area contributed by atoms with Crippen LogP contribution in [0.3, 0.4) is 0 Å². The standard InChI is InChI=1S/C14H19NO.2C13H17NO2.C12H15NO2.C12H17NO.C12H23N.C9H15N3.C9H17NO.2C9H17N.C8H14N4.CH4/c1-10(2)15-7-6-12-4-5-13(11(3)16)8-14(12)9-15;1-9(2)14-7-11-5-4-10(13(15)16-3)6-12(11)8-14;1-9(2)14-6-5-10-3-4-11(13(15)16)7-12(10)8-14;1-8(2)13-6-10-4-3-9(12(14)15)5-11(10)7-13;1-9(2)13-6-5-10-7-12(14)4-3-11(10)8-13;1-10(2)13-9-5-7-11-6-3-4-8-12(11)13;1-7(2)12-4-3-9-8(6-12)5-10-11-9;1-7(2)10-5-8-3-4-9(6-10)11-8;1-7(2)10-5-8-4-9(8,3)6-10;1-7(2)10-8-3-4-9(10)6-5-8;1-7(2)11-3-4-12-6-9-10-8(12)5-11;/h4-5,8,10H,6-7,9H2,1-3H3;4-6,9H,7-8H2,1-3H3;3-4,7,9H,5-6,8H2,1-2H3,(H,15,16);3-5,8H,6-7H2,1-2H3,(H,14,15);3-4,7,9,14H,5-6,8H2,1-2H3;10-12H,3-9H2,1-2H3;5,7H,3-4,6H2,1-2H3,(H,10,11);7-9H,3-6H2,1-2H3;7-8H,4-6H2,1-3H3;7-9H,3-6H2,1-2H3;6-7H,3-5H2,1-2H3;1H4/t;;;;;;;2*8-,9+;;;/m........1.../s1. The number of ether oxygens (including phenoxy) is 2. The van der Waals surface area contributed by atoms with Crippen molar-refractivity contribution in [2.75, 3.05) is 72.6 Å². The van der Waals surface area contributed by atoms with E-state index < -0.39 is 11.9 Å². The third-order valence-corrected chi connectivity index (χ3v) is 33.7. The molecule has 2 saturated carbocycles. The highest BCUT2D eigenvalue weighted by Gasteiger charge is 2.56. The highest BCUT2D eigenvalue weighted by atomic mass is 16.5. The third-order valence-electron chi connectivity index (χ3n) is 33.7. The number of likely N-dealkylation sites (tertiary alicyclic amines) is 3. The molecule has 810 valence electrons. The van der Waals surface area contributed by atoms with Crippen molar-refractivity contribution in [1.82, 2.24) is 78.9 Å². The van der Waals surface area contributed by atoms with E-state index in [1.54, 1.807) is 31.2 Å². The van der Waals surface area contributed by atoms with Gasteiger partial charge in [0.15, 0.2) is 5.78 Å². The van der Waals surface area contributed by atoms with Gasteiger partial charge in [-0.05, 0) is 383 Å². The van der Waals surface area contributed by atoms with E-state index in [0.29, 0.717) is 83.0 Å². The lowest BCUT2D eigenvalue weighted by molar-refractivity contribution is -0.0480. The normalized spacial score (nSPS) is 23.5. The molecule has 13 aliphatic heterocycles. The number of aromatic nitrogens is 5. The maximum absolute atomic E-state index is 11.4. The van der Waals surface area contributed by atoms with Crippen molar-refractivity contribution < 1.29 is 44.0 Å². The molecule has 0 spiro atoms. The van der Waals surface area contributed by atoms with Crippen LogP contribution in [0.5, 0.6) is 5.75 Å². The SMILES string of the molecule is C.CC(=O)c1ccc2c(c1)CN(C(C)C)CC2.CC(C)N1C2CCC1CC2.CC(C)N1CCCC2CCCCC21.CC(C)N1CCc2[nH]ncc2C1.CC(C)N1CCc2cc(O)ccc2C1.CC(C)N1CCc2ccc(C(=O)O)cc2C1.CC(C)N1CCn2cnnc2C1.CC(C)N1C[C@H]2CC[C@@H](C1)O2.CC(C)N1C[C@H]2C[C@@]2(C)C1.CC(C)N1Cc2ccc(C(=O)O)cc2C1.COC(=O)c1ccc2c(c1)CN(C(C)C)C2. The summed E-state index contributed by atoms with van der Waals surface area (Å²) in [5.74, 6) is 1.79. The summed E-state index contributed by atoms with van der Waals surface area (Å²) in [7, 11) is 1.41. The fraction of sp³-hybridized carbons (Fsp3) is 0.678. The number of carbonyl (C=O) groups is 4. The van der Waals surface area contributed by atoms with Gasteiger partial charge in [0, 0.05) is 226 Å². The number of rotatable bonds is 15. The lowest BCUT2D eigenvalue weighted by Crippen LogP contribution is -2.49. The number of carboxylic acids is 2. The Morgan fingerprint density at radius 3 is 1.29 bits per heavy atom. The van der Waals surface area contributed by atoms with Crippen LogP contribution >= 0.6 is 0 Å². The Kier molecular flexibility index (Phi) is 44.7. The third kappa shape index (κ3) is 32.9. The van der Waals surface area contributed by atoms with Gasteiger partial charge < -0.3 is 34.3 Å². The maximum atomic E-state index is 11.4. The number of nitrogens with one attached hydrogen (secondary N) is 1. The number of H-pyrrole nitrogens is 1. The van der Waals surface area contributed by atoms with Gasteiger partial charge in [-0.25, -0.2) is 14.4 Å². The van der Waals surface area contributed by atoms with Crippen LogP contribution in [0.1, 0.15) is 371 Å². The molecule has 6 saturated heterocycles. The Bertz CT molecular complexity index is 5080. The molecule has 0 amide bonds. The first-order chi connectivity index (χ1) is 69.0. The van der Waals surface area contributed by atoms with Crippen LogP contribution in [-0.4, -0.2) is 287 Å². The van der Waals surface area contributed by atoms with E-state index in [1.807, 2.05) is 67.1 Å². The highest BCUT2D eigenvalue weighted by Crippen LogP contribution is 2.57. The Morgan fingerprint density at radius 2 is 0.829 bits per heavy atom. The molecular formula is C121H192N16O9. The number of piperidine rings is 2. The molecule has 146 heavy (non-hydrogen) atoms. The van der Waals surface area contributed by atoms with Gasteiger partial charge in [0.2, 0.25) is 0 Å². The second kappa shape index (κ2) is 55.2. The number of carboxylic acid groups (broad SMARTS) is 2. The van der Waals surface area contributed by atoms with Gasteiger partial charge in [-0.3, -0.25) is 58.9 Å². The summed E-state index contributed by atoms with van der Waals surface area (Å²) < 4.78 is 12.6. The van der Waals surface area contributed by atoms with Crippen molar-refractivity contribution in [1.29, 1.82) is 0 Å². The van der Waals surface area contributed by atoms with Crippen molar-refractivity contribution in [3.05, 3.63) is 198 Å². The van der Waals surface area contributed by atoms with Crippen LogP contribution in [0.25, 0.3) is 0 Å². The fourth-order valence-electron chi connectivity index (χ4n) is 23.9. The second-order valence-electron chi connectivity index (χ2n) is 47.4. The molecule has 0 radical (unpaired) electrons. The number of hydrogen-bond donors (Lipinski definition) is 4. The largest absolute Gasteiger partial charge is 0.508 e. The molecule has 5 aromatic carbocycles. The molecule has 2 unspecified atom stereocenters. The van der Waals surface area contributed by atoms with Crippen molar-refractivity contribution >= 4 is 23.7 Å². The Balaban J connectivity index is 0.000000153. The average molecular weight is 2010 g/mol. The molecule has 22 rings (SSSR count). The van der Waals surface area contributed by atoms with Crippen molar-refractivity contribution in [3.8, 4) is 5.75 Å². The summed E-state index contributed by atoms with van der Waals surface area (Å²) >= 11 is 0. The molecule has 6 atom stereocenters. The maximum Gasteiger partial charge on any atom is 0.337 e. The molecule has 4 N–H and O–H groups in total.